The van der Waals surface area contributed by atoms with E-state index in [1.165, 1.54) is 0 Å². The zero-order valence-corrected chi connectivity index (χ0v) is 14.4. The third-order valence-corrected chi connectivity index (χ3v) is 4.56. The number of nitrogens with zero attached hydrogens (tertiary/aromatic N) is 2. The van der Waals surface area contributed by atoms with Crippen LogP contribution in [-0.4, -0.2) is 49.4 Å². The lowest BCUT2D eigenvalue weighted by molar-refractivity contribution is 0.0758. The van der Waals surface area contributed by atoms with Crippen molar-refractivity contribution >= 4 is 28.5 Å². The second-order valence-electron chi connectivity index (χ2n) is 4.98. The van der Waals surface area contributed by atoms with Crippen molar-refractivity contribution in [3.8, 4) is 0 Å². The Morgan fingerprint density at radius 3 is 2.53 bits per heavy atom. The molecule has 1 rings (SSSR count). The highest BCUT2D eigenvalue weighted by atomic mass is 127. The summed E-state index contributed by atoms with van der Waals surface area (Å²) in [5.74, 6) is 0.148. The van der Waals surface area contributed by atoms with Crippen molar-refractivity contribution in [1.29, 1.82) is 0 Å². The molecule has 1 amide bonds. The summed E-state index contributed by atoms with van der Waals surface area (Å²) in [6.45, 7) is 6.67. The van der Waals surface area contributed by atoms with E-state index in [1.807, 2.05) is 36.9 Å². The predicted molar refractivity (Wildman–Crippen MR) is 88.6 cm³/mol. The first-order valence-electron chi connectivity index (χ1n) is 6.66. The molecule has 0 atom stereocenters. The van der Waals surface area contributed by atoms with Gasteiger partial charge in [0.05, 0.1) is 5.56 Å². The molecule has 0 saturated carbocycles. The molecule has 0 saturated heterocycles. The Hall–Kier alpha value is -0.620. The van der Waals surface area contributed by atoms with Crippen molar-refractivity contribution in [1.82, 2.24) is 9.80 Å². The van der Waals surface area contributed by atoms with E-state index >= 15 is 0 Å². The van der Waals surface area contributed by atoms with E-state index in [-0.39, 0.29) is 5.91 Å². The number of amides is 1. The SMILES string of the molecule is CCN(CCCN(C)C)C(=O)c1cccc(C)c1I. The first-order chi connectivity index (χ1) is 8.97. The maximum absolute atomic E-state index is 12.5. The van der Waals surface area contributed by atoms with Crippen LogP contribution in [-0.2, 0) is 0 Å². The van der Waals surface area contributed by atoms with Crippen LogP contribution in [0.4, 0.5) is 0 Å². The lowest BCUT2D eigenvalue weighted by Crippen LogP contribution is -2.33. The molecule has 0 aliphatic carbocycles. The molecule has 0 spiro atoms. The zero-order chi connectivity index (χ0) is 14.4. The molecular formula is C15H23IN2O. The van der Waals surface area contributed by atoms with Crippen LogP contribution in [0.25, 0.3) is 0 Å². The largest absolute Gasteiger partial charge is 0.339 e. The van der Waals surface area contributed by atoms with Gasteiger partial charge in [-0.15, -0.1) is 0 Å². The maximum atomic E-state index is 12.5. The number of hydrogen-bond donors (Lipinski definition) is 0. The summed E-state index contributed by atoms with van der Waals surface area (Å²) in [4.78, 5) is 16.6. The van der Waals surface area contributed by atoms with Crippen LogP contribution in [0.15, 0.2) is 18.2 Å². The smallest absolute Gasteiger partial charge is 0.254 e. The molecule has 3 nitrogen and oxygen atoms in total. The van der Waals surface area contributed by atoms with Crippen molar-refractivity contribution < 1.29 is 4.79 Å². The lowest BCUT2D eigenvalue weighted by Gasteiger charge is -2.22. The standard InChI is InChI=1S/C15H23IN2O/c1-5-18(11-7-10-17(3)4)15(19)13-9-6-8-12(2)14(13)16/h6,8-9H,5,7,10-11H2,1-4H3. The van der Waals surface area contributed by atoms with Crippen LogP contribution < -0.4 is 0 Å². The van der Waals surface area contributed by atoms with E-state index in [0.29, 0.717) is 0 Å². The predicted octanol–water partition coefficient (Wildman–Crippen LogP) is 3.01. The molecule has 0 N–H and O–H groups in total. The van der Waals surface area contributed by atoms with Crippen LogP contribution in [0.2, 0.25) is 0 Å². The van der Waals surface area contributed by atoms with Gasteiger partial charge in [-0.1, -0.05) is 12.1 Å². The molecule has 0 heterocycles. The highest BCUT2D eigenvalue weighted by molar-refractivity contribution is 14.1. The van der Waals surface area contributed by atoms with E-state index in [1.54, 1.807) is 0 Å². The van der Waals surface area contributed by atoms with Crippen molar-refractivity contribution in [3.05, 3.63) is 32.9 Å². The zero-order valence-electron chi connectivity index (χ0n) is 12.2. The Labute approximate surface area is 130 Å². The minimum Gasteiger partial charge on any atom is -0.339 e. The second kappa shape index (κ2) is 7.85. The molecule has 0 unspecified atom stereocenters. The van der Waals surface area contributed by atoms with Gasteiger partial charge in [-0.2, -0.15) is 0 Å². The highest BCUT2D eigenvalue weighted by Gasteiger charge is 2.17. The topological polar surface area (TPSA) is 23.6 Å². The van der Waals surface area contributed by atoms with Crippen LogP contribution in [0.5, 0.6) is 0 Å². The van der Waals surface area contributed by atoms with Gasteiger partial charge >= 0.3 is 0 Å². The fraction of sp³-hybridized carbons (Fsp3) is 0.533. The highest BCUT2D eigenvalue weighted by Crippen LogP contribution is 2.18. The summed E-state index contributed by atoms with van der Waals surface area (Å²) < 4.78 is 1.07. The van der Waals surface area contributed by atoms with Crippen molar-refractivity contribution in [2.45, 2.75) is 20.3 Å². The molecule has 106 valence electrons. The summed E-state index contributed by atoms with van der Waals surface area (Å²) >= 11 is 2.26. The Kier molecular flexibility index (Phi) is 6.79. The Balaban J connectivity index is 2.75. The fourth-order valence-corrected chi connectivity index (χ4v) is 2.55. The second-order valence-corrected chi connectivity index (χ2v) is 6.06. The molecule has 4 heteroatoms. The molecule has 0 bridgehead atoms. The quantitative estimate of drug-likeness (QED) is 0.715. The Morgan fingerprint density at radius 1 is 1.26 bits per heavy atom. The number of rotatable bonds is 6. The van der Waals surface area contributed by atoms with E-state index in [0.717, 1.165) is 40.8 Å². The van der Waals surface area contributed by atoms with Gasteiger partial charge in [-0.05, 0) is 75.1 Å². The molecule has 1 aromatic carbocycles. The number of aryl methyl sites for hydroxylation is 1. The first-order valence-corrected chi connectivity index (χ1v) is 7.74. The van der Waals surface area contributed by atoms with Gasteiger partial charge in [0.25, 0.3) is 5.91 Å². The van der Waals surface area contributed by atoms with Gasteiger partial charge in [0.2, 0.25) is 0 Å². The van der Waals surface area contributed by atoms with Gasteiger partial charge in [-0.25, -0.2) is 0 Å². The number of carbonyl (C=O) groups excluding carboxylic acids is 1. The normalized spacial score (nSPS) is 10.8. The minimum atomic E-state index is 0.148. The molecule has 0 fully saturated rings. The third-order valence-electron chi connectivity index (χ3n) is 3.12. The van der Waals surface area contributed by atoms with Crippen LogP contribution >= 0.6 is 22.6 Å². The van der Waals surface area contributed by atoms with E-state index < -0.39 is 0 Å². The van der Waals surface area contributed by atoms with Crippen molar-refractivity contribution in [3.63, 3.8) is 0 Å². The van der Waals surface area contributed by atoms with Crippen molar-refractivity contribution in [2.24, 2.45) is 0 Å². The monoisotopic (exact) mass is 374 g/mol. The molecule has 0 aromatic heterocycles. The lowest BCUT2D eigenvalue weighted by atomic mass is 10.1. The van der Waals surface area contributed by atoms with E-state index in [4.69, 9.17) is 0 Å². The average molecular weight is 374 g/mol. The average Bonchev–Trinajstić information content (AvgIpc) is 2.37. The maximum Gasteiger partial charge on any atom is 0.254 e. The Morgan fingerprint density at radius 2 is 1.95 bits per heavy atom. The van der Waals surface area contributed by atoms with E-state index in [9.17, 15) is 4.79 Å². The number of carbonyl (C=O) groups is 1. The summed E-state index contributed by atoms with van der Waals surface area (Å²) in [6, 6.07) is 5.92. The van der Waals surface area contributed by atoms with Gasteiger partial charge in [0.15, 0.2) is 0 Å². The molecule has 0 aliphatic heterocycles. The molecule has 0 aliphatic rings. The van der Waals surface area contributed by atoms with Crippen molar-refractivity contribution in [2.75, 3.05) is 33.7 Å². The number of hydrogen-bond acceptors (Lipinski definition) is 2. The van der Waals surface area contributed by atoms with Crippen LogP contribution in [0, 0.1) is 10.5 Å². The molecular weight excluding hydrogens is 351 g/mol. The van der Waals surface area contributed by atoms with E-state index in [2.05, 4.69) is 41.6 Å². The summed E-state index contributed by atoms with van der Waals surface area (Å²) in [7, 11) is 4.11. The van der Waals surface area contributed by atoms with Crippen LogP contribution in [0.1, 0.15) is 29.3 Å². The molecule has 1 aromatic rings. The van der Waals surface area contributed by atoms with Crippen LogP contribution in [0.3, 0.4) is 0 Å². The summed E-state index contributed by atoms with van der Waals surface area (Å²) in [6.07, 6.45) is 1.01. The molecule has 0 radical (unpaired) electrons. The third kappa shape index (κ3) is 4.76. The Bertz CT molecular complexity index is 432. The molecule has 19 heavy (non-hydrogen) atoms. The van der Waals surface area contributed by atoms with Gasteiger partial charge in [0.1, 0.15) is 0 Å². The number of halogens is 1. The first kappa shape index (κ1) is 16.4. The van der Waals surface area contributed by atoms with Gasteiger partial charge in [-0.3, -0.25) is 4.79 Å². The fourth-order valence-electron chi connectivity index (χ4n) is 1.96. The minimum absolute atomic E-state index is 0.148. The summed E-state index contributed by atoms with van der Waals surface area (Å²) in [5.41, 5.74) is 1.99. The number of benzene rings is 1. The van der Waals surface area contributed by atoms with Gasteiger partial charge < -0.3 is 9.80 Å². The summed E-state index contributed by atoms with van der Waals surface area (Å²) in [5, 5.41) is 0. The van der Waals surface area contributed by atoms with Gasteiger partial charge in [0, 0.05) is 16.7 Å².